The lowest BCUT2D eigenvalue weighted by Gasteiger charge is -2.26. The molecule has 1 aliphatic carbocycles. The summed E-state index contributed by atoms with van der Waals surface area (Å²) in [4.78, 5) is 2.37. The number of benzene rings is 9. The molecule has 0 unspecified atom stereocenters. The van der Waals surface area contributed by atoms with E-state index < -0.39 is 0 Å². The number of hydrogen-bond donors (Lipinski definition) is 0. The molecule has 0 N–H and O–H groups in total. The van der Waals surface area contributed by atoms with Crippen LogP contribution in [0.25, 0.3) is 77.2 Å². The molecule has 1 aromatic heterocycles. The molecule has 0 atom stereocenters. The topological polar surface area (TPSA) is 16.4 Å². The van der Waals surface area contributed by atoms with Crippen LogP contribution >= 0.6 is 0 Å². The highest BCUT2D eigenvalue weighted by atomic mass is 16.3. The van der Waals surface area contributed by atoms with E-state index in [1.54, 1.807) is 0 Å². The van der Waals surface area contributed by atoms with Gasteiger partial charge in [-0.3, -0.25) is 0 Å². The van der Waals surface area contributed by atoms with Crippen LogP contribution in [0.4, 0.5) is 17.1 Å². The molecule has 0 radical (unpaired) electrons. The summed E-state index contributed by atoms with van der Waals surface area (Å²) in [7, 11) is 0. The van der Waals surface area contributed by atoms with Crippen molar-refractivity contribution in [3.8, 4) is 44.5 Å². The number of fused-ring (bicyclic) bond motifs is 7. The van der Waals surface area contributed by atoms with Gasteiger partial charge in [0.2, 0.25) is 0 Å². The minimum Gasteiger partial charge on any atom is -0.455 e. The maximum absolute atomic E-state index is 6.43. The van der Waals surface area contributed by atoms with E-state index in [-0.39, 0.29) is 5.41 Å². The molecule has 270 valence electrons. The van der Waals surface area contributed by atoms with Gasteiger partial charge in [0, 0.05) is 38.8 Å². The van der Waals surface area contributed by atoms with E-state index in [1.807, 2.05) is 12.1 Å². The number of furan rings is 1. The number of nitrogens with zero attached hydrogens (tertiary/aromatic N) is 1. The van der Waals surface area contributed by atoms with Crippen molar-refractivity contribution in [2.45, 2.75) is 19.3 Å². The zero-order valence-corrected chi connectivity index (χ0v) is 31.9. The lowest BCUT2D eigenvalue weighted by molar-refractivity contribution is 0.660. The van der Waals surface area contributed by atoms with Gasteiger partial charge in [0.1, 0.15) is 11.2 Å². The Morgan fingerprint density at radius 2 is 0.930 bits per heavy atom. The predicted molar refractivity (Wildman–Crippen MR) is 240 cm³/mol. The van der Waals surface area contributed by atoms with E-state index in [2.05, 4.69) is 207 Å². The van der Waals surface area contributed by atoms with Crippen molar-refractivity contribution in [2.75, 3.05) is 4.90 Å². The van der Waals surface area contributed by atoms with E-state index in [0.29, 0.717) is 0 Å². The second kappa shape index (κ2) is 13.0. The van der Waals surface area contributed by atoms with Crippen molar-refractivity contribution in [3.05, 3.63) is 211 Å². The summed E-state index contributed by atoms with van der Waals surface area (Å²) < 4.78 is 6.43. The average molecular weight is 730 g/mol. The van der Waals surface area contributed by atoms with Gasteiger partial charge in [-0.25, -0.2) is 0 Å². The second-order valence-electron chi connectivity index (χ2n) is 15.7. The highest BCUT2D eigenvalue weighted by Crippen LogP contribution is 2.50. The molecule has 1 aliphatic rings. The number of hydrogen-bond acceptors (Lipinski definition) is 2. The Morgan fingerprint density at radius 1 is 0.368 bits per heavy atom. The molecule has 0 fully saturated rings. The zero-order valence-electron chi connectivity index (χ0n) is 31.9. The average Bonchev–Trinajstić information content (AvgIpc) is 3.76. The summed E-state index contributed by atoms with van der Waals surface area (Å²) in [6.07, 6.45) is 0. The summed E-state index contributed by atoms with van der Waals surface area (Å²) in [6.45, 7) is 4.67. The third kappa shape index (κ3) is 5.40. The van der Waals surface area contributed by atoms with Crippen molar-refractivity contribution in [3.63, 3.8) is 0 Å². The van der Waals surface area contributed by atoms with Gasteiger partial charge in [0.05, 0.1) is 0 Å². The first-order valence-corrected chi connectivity index (χ1v) is 19.8. The van der Waals surface area contributed by atoms with Crippen LogP contribution in [-0.2, 0) is 5.41 Å². The first-order valence-electron chi connectivity index (χ1n) is 19.8. The molecule has 0 saturated carbocycles. The largest absolute Gasteiger partial charge is 0.455 e. The highest BCUT2D eigenvalue weighted by Gasteiger charge is 2.35. The normalized spacial score (nSPS) is 12.9. The SMILES string of the molecule is CC1(C)c2ccccc2-c2cc(-c3cccc(N(c4ccc(-c5cccc6ccccc56)cc4)c4ccc(-c5cccc6c5oc5ccccc56)cc4)c3)ccc21. The summed E-state index contributed by atoms with van der Waals surface area (Å²) in [6, 6.07) is 72.6. The molecule has 11 rings (SSSR count). The van der Waals surface area contributed by atoms with Crippen LogP contribution in [0.2, 0.25) is 0 Å². The second-order valence-corrected chi connectivity index (χ2v) is 15.7. The molecule has 2 heteroatoms. The minimum absolute atomic E-state index is 0.0244. The van der Waals surface area contributed by atoms with E-state index in [1.165, 1.54) is 55.3 Å². The molecule has 1 heterocycles. The molecule has 0 amide bonds. The molecule has 9 aromatic carbocycles. The Labute approximate surface area is 332 Å². The summed E-state index contributed by atoms with van der Waals surface area (Å²) in [5.41, 5.74) is 17.5. The fourth-order valence-corrected chi connectivity index (χ4v) is 9.20. The number of rotatable bonds is 6. The fraction of sp³-hybridized carbons (Fsp3) is 0.0545. The molecule has 0 bridgehead atoms. The zero-order chi connectivity index (χ0) is 38.1. The van der Waals surface area contributed by atoms with Gasteiger partial charge < -0.3 is 9.32 Å². The standard InChI is InChI=1S/C55H39NO/c1-55(2)51-22-7-5-17-47(51)50-35-40(28-33-52(50)55)39-14-9-15-43(34-39)56(41-29-24-37(25-30-41)45-19-10-13-36-12-3-4-16-44(36)45)42-31-26-38(27-32-42)46-20-11-21-49-48-18-6-8-23-53(48)57-54(46)49/h3-35H,1-2H3. The Hall–Kier alpha value is -7.16. The van der Waals surface area contributed by atoms with Gasteiger partial charge in [-0.2, -0.15) is 0 Å². The number of para-hydroxylation sites is 2. The minimum atomic E-state index is -0.0244. The monoisotopic (exact) mass is 729 g/mol. The van der Waals surface area contributed by atoms with Gasteiger partial charge in [-0.15, -0.1) is 0 Å². The third-order valence-corrected chi connectivity index (χ3v) is 12.1. The maximum Gasteiger partial charge on any atom is 0.143 e. The van der Waals surface area contributed by atoms with Crippen molar-refractivity contribution in [1.82, 2.24) is 0 Å². The van der Waals surface area contributed by atoms with Gasteiger partial charge in [-0.05, 0) is 109 Å². The van der Waals surface area contributed by atoms with Crippen LogP contribution in [0.15, 0.2) is 205 Å². The Morgan fingerprint density at radius 3 is 1.75 bits per heavy atom. The highest BCUT2D eigenvalue weighted by molar-refractivity contribution is 6.09. The van der Waals surface area contributed by atoms with Crippen molar-refractivity contribution in [2.24, 2.45) is 0 Å². The van der Waals surface area contributed by atoms with Gasteiger partial charge in [-0.1, -0.05) is 166 Å². The molecule has 2 nitrogen and oxygen atoms in total. The molecule has 10 aromatic rings. The molecule has 0 aliphatic heterocycles. The molecule has 0 saturated heterocycles. The van der Waals surface area contributed by atoms with Crippen molar-refractivity contribution < 1.29 is 4.42 Å². The van der Waals surface area contributed by atoms with Gasteiger partial charge >= 0.3 is 0 Å². The Bertz CT molecular complexity index is 3140. The summed E-state index contributed by atoms with van der Waals surface area (Å²) >= 11 is 0. The quantitative estimate of drug-likeness (QED) is 0.169. The molecular formula is C55H39NO. The maximum atomic E-state index is 6.43. The lowest BCUT2D eigenvalue weighted by atomic mass is 9.82. The van der Waals surface area contributed by atoms with Crippen LogP contribution in [-0.4, -0.2) is 0 Å². The third-order valence-electron chi connectivity index (χ3n) is 12.1. The molecular weight excluding hydrogens is 691 g/mol. The number of anilines is 3. The first-order chi connectivity index (χ1) is 28.0. The van der Waals surface area contributed by atoms with Crippen LogP contribution in [0.1, 0.15) is 25.0 Å². The first kappa shape index (κ1) is 33.2. The van der Waals surface area contributed by atoms with E-state index >= 15 is 0 Å². The smallest absolute Gasteiger partial charge is 0.143 e. The van der Waals surface area contributed by atoms with Crippen LogP contribution in [0, 0.1) is 0 Å². The Kier molecular flexibility index (Phi) is 7.55. The Balaban J connectivity index is 1.02. The summed E-state index contributed by atoms with van der Waals surface area (Å²) in [5, 5.41) is 4.78. The van der Waals surface area contributed by atoms with E-state index in [9.17, 15) is 0 Å². The van der Waals surface area contributed by atoms with Crippen LogP contribution in [0.3, 0.4) is 0 Å². The lowest BCUT2D eigenvalue weighted by Crippen LogP contribution is -2.14. The van der Waals surface area contributed by atoms with Gasteiger partial charge in [0.15, 0.2) is 0 Å². The predicted octanol–water partition coefficient (Wildman–Crippen LogP) is 15.5. The van der Waals surface area contributed by atoms with E-state index in [4.69, 9.17) is 4.42 Å². The molecule has 0 spiro atoms. The van der Waals surface area contributed by atoms with E-state index in [0.717, 1.165) is 50.1 Å². The molecule has 57 heavy (non-hydrogen) atoms. The van der Waals surface area contributed by atoms with Gasteiger partial charge in [0.25, 0.3) is 0 Å². The fourth-order valence-electron chi connectivity index (χ4n) is 9.20. The van der Waals surface area contributed by atoms with Crippen LogP contribution < -0.4 is 4.90 Å². The van der Waals surface area contributed by atoms with Crippen molar-refractivity contribution >= 4 is 49.8 Å². The van der Waals surface area contributed by atoms with Crippen LogP contribution in [0.5, 0.6) is 0 Å². The summed E-state index contributed by atoms with van der Waals surface area (Å²) in [5.74, 6) is 0. The van der Waals surface area contributed by atoms with Crippen molar-refractivity contribution in [1.29, 1.82) is 0 Å².